The number of halogens is 1. The largest absolute Gasteiger partial charge is 0.383 e. The molecule has 0 unspecified atom stereocenters. The van der Waals surface area contributed by atoms with Gasteiger partial charge in [-0.2, -0.15) is 0 Å². The van der Waals surface area contributed by atoms with Crippen molar-refractivity contribution in [1.29, 1.82) is 0 Å². The first kappa shape index (κ1) is 14.8. The maximum atomic E-state index is 6.00. The van der Waals surface area contributed by atoms with Gasteiger partial charge in [0.05, 0.1) is 11.2 Å². The normalized spacial score (nSPS) is 10.8. The Labute approximate surface area is 134 Å². The molecule has 0 fully saturated rings. The van der Waals surface area contributed by atoms with E-state index in [1.165, 1.54) is 0 Å². The third kappa shape index (κ3) is 3.72. The summed E-state index contributed by atoms with van der Waals surface area (Å²) in [6.45, 7) is 2.46. The van der Waals surface area contributed by atoms with Crippen LogP contribution in [0.5, 0.6) is 0 Å². The van der Waals surface area contributed by atoms with E-state index >= 15 is 0 Å². The summed E-state index contributed by atoms with van der Waals surface area (Å²) in [5.74, 6) is 0. The lowest BCUT2D eigenvalue weighted by Crippen LogP contribution is -2.22. The molecule has 4 nitrogen and oxygen atoms in total. The molecule has 1 aromatic carbocycles. The molecule has 0 spiro atoms. The fraction of sp³-hybridized carbons (Fsp3) is 0.176. The van der Waals surface area contributed by atoms with Crippen LogP contribution in [-0.2, 0) is 6.54 Å². The van der Waals surface area contributed by atoms with Gasteiger partial charge >= 0.3 is 0 Å². The van der Waals surface area contributed by atoms with Crippen molar-refractivity contribution in [1.82, 2.24) is 15.3 Å². The Morgan fingerprint density at radius 2 is 1.91 bits per heavy atom. The van der Waals surface area contributed by atoms with Crippen LogP contribution in [0.15, 0.2) is 54.9 Å². The molecule has 2 N–H and O–H groups in total. The van der Waals surface area contributed by atoms with Crippen LogP contribution in [0.1, 0.15) is 5.69 Å². The summed E-state index contributed by atoms with van der Waals surface area (Å²) < 4.78 is 0. The van der Waals surface area contributed by atoms with Gasteiger partial charge in [-0.25, -0.2) is 0 Å². The van der Waals surface area contributed by atoms with Crippen LogP contribution in [0.4, 0.5) is 5.69 Å². The number of hydrogen-bond acceptors (Lipinski definition) is 4. The molecule has 3 rings (SSSR count). The number of fused-ring (bicyclic) bond motifs is 1. The highest BCUT2D eigenvalue weighted by Gasteiger charge is 2.02. The number of benzene rings is 1. The molecule has 0 aliphatic heterocycles. The van der Waals surface area contributed by atoms with E-state index in [4.69, 9.17) is 11.6 Å². The smallest absolute Gasteiger partial charge is 0.0737 e. The Bertz CT molecular complexity index is 746. The Hall–Kier alpha value is -2.17. The van der Waals surface area contributed by atoms with E-state index in [0.29, 0.717) is 5.02 Å². The second-order valence-electron chi connectivity index (χ2n) is 4.94. The summed E-state index contributed by atoms with van der Waals surface area (Å²) >= 11 is 6.00. The van der Waals surface area contributed by atoms with E-state index in [1.807, 2.05) is 48.7 Å². The van der Waals surface area contributed by atoms with E-state index < -0.39 is 0 Å². The number of pyridine rings is 2. The molecule has 2 aromatic heterocycles. The van der Waals surface area contributed by atoms with Gasteiger partial charge in [0.2, 0.25) is 0 Å². The minimum absolute atomic E-state index is 0.703. The molecule has 3 aromatic rings. The van der Waals surface area contributed by atoms with Crippen LogP contribution >= 0.6 is 11.6 Å². The number of anilines is 1. The molecule has 0 saturated carbocycles. The lowest BCUT2D eigenvalue weighted by Gasteiger charge is -2.10. The summed E-state index contributed by atoms with van der Waals surface area (Å²) in [5, 5.41) is 8.58. The maximum Gasteiger partial charge on any atom is 0.0737 e. The standard InChI is InChI=1S/C17H17ClN4/c18-13-4-5-15-16(6-8-21-17(15)11-13)22-10-9-19-12-14-3-1-2-7-20-14/h1-8,11,19H,9-10,12H2,(H,21,22). The highest BCUT2D eigenvalue weighted by molar-refractivity contribution is 6.31. The molecule has 0 aliphatic carbocycles. The van der Waals surface area contributed by atoms with E-state index in [-0.39, 0.29) is 0 Å². The third-order valence-corrected chi connectivity index (χ3v) is 3.59. The van der Waals surface area contributed by atoms with Crippen LogP contribution in [0.25, 0.3) is 10.9 Å². The van der Waals surface area contributed by atoms with Crippen LogP contribution < -0.4 is 10.6 Å². The van der Waals surface area contributed by atoms with Crippen molar-refractivity contribution in [3.63, 3.8) is 0 Å². The predicted octanol–water partition coefficient (Wildman–Crippen LogP) is 3.48. The fourth-order valence-electron chi connectivity index (χ4n) is 2.28. The van der Waals surface area contributed by atoms with Gasteiger partial charge in [0.25, 0.3) is 0 Å². The predicted molar refractivity (Wildman–Crippen MR) is 91.2 cm³/mol. The molecule has 0 radical (unpaired) electrons. The third-order valence-electron chi connectivity index (χ3n) is 3.35. The summed E-state index contributed by atoms with van der Waals surface area (Å²) in [6.07, 6.45) is 3.60. The van der Waals surface area contributed by atoms with E-state index in [2.05, 4.69) is 20.6 Å². The van der Waals surface area contributed by atoms with E-state index in [1.54, 1.807) is 6.20 Å². The molecule has 5 heteroatoms. The van der Waals surface area contributed by atoms with Gasteiger partial charge < -0.3 is 10.6 Å². The van der Waals surface area contributed by atoms with Crippen LogP contribution in [0.2, 0.25) is 5.02 Å². The number of rotatable bonds is 6. The van der Waals surface area contributed by atoms with Crippen molar-refractivity contribution in [3.8, 4) is 0 Å². The zero-order chi connectivity index (χ0) is 15.2. The molecular formula is C17H17ClN4. The lowest BCUT2D eigenvalue weighted by atomic mass is 10.2. The Morgan fingerprint density at radius 1 is 0.955 bits per heavy atom. The first-order valence-corrected chi connectivity index (χ1v) is 7.59. The first-order valence-electron chi connectivity index (χ1n) is 7.22. The molecule has 0 amide bonds. The SMILES string of the molecule is Clc1ccc2c(NCCNCc3ccccn3)ccnc2c1. The molecule has 0 aliphatic rings. The first-order chi connectivity index (χ1) is 10.8. The number of nitrogens with one attached hydrogen (secondary N) is 2. The molecule has 0 saturated heterocycles. The summed E-state index contributed by atoms with van der Waals surface area (Å²) in [7, 11) is 0. The minimum Gasteiger partial charge on any atom is -0.383 e. The fourth-order valence-corrected chi connectivity index (χ4v) is 2.45. The van der Waals surface area contributed by atoms with Crippen LogP contribution in [0.3, 0.4) is 0 Å². The number of hydrogen-bond donors (Lipinski definition) is 2. The highest BCUT2D eigenvalue weighted by atomic mass is 35.5. The van der Waals surface area contributed by atoms with E-state index in [9.17, 15) is 0 Å². The number of aromatic nitrogens is 2. The van der Waals surface area contributed by atoms with Gasteiger partial charge in [-0.1, -0.05) is 17.7 Å². The maximum absolute atomic E-state index is 6.00. The molecule has 0 atom stereocenters. The van der Waals surface area contributed by atoms with E-state index in [0.717, 1.165) is 41.9 Å². The topological polar surface area (TPSA) is 49.8 Å². The monoisotopic (exact) mass is 312 g/mol. The zero-order valence-electron chi connectivity index (χ0n) is 12.1. The summed E-state index contributed by atoms with van der Waals surface area (Å²) in [4.78, 5) is 8.62. The second-order valence-corrected chi connectivity index (χ2v) is 5.38. The Morgan fingerprint density at radius 3 is 2.77 bits per heavy atom. The van der Waals surface area contributed by atoms with Crippen molar-refractivity contribution >= 4 is 28.2 Å². The lowest BCUT2D eigenvalue weighted by molar-refractivity contribution is 0.693. The van der Waals surface area contributed by atoms with Gasteiger partial charge in [-0.3, -0.25) is 9.97 Å². The highest BCUT2D eigenvalue weighted by Crippen LogP contribution is 2.23. The zero-order valence-corrected chi connectivity index (χ0v) is 12.8. The second kappa shape index (κ2) is 7.20. The van der Waals surface area contributed by atoms with Gasteiger partial charge in [0.15, 0.2) is 0 Å². The molecule has 2 heterocycles. The van der Waals surface area contributed by atoms with Crippen molar-refractivity contribution in [2.45, 2.75) is 6.54 Å². The quantitative estimate of drug-likeness (QED) is 0.684. The van der Waals surface area contributed by atoms with Gasteiger partial charge in [0.1, 0.15) is 0 Å². The number of nitrogens with zero attached hydrogens (tertiary/aromatic N) is 2. The minimum atomic E-state index is 0.703. The van der Waals surface area contributed by atoms with Crippen molar-refractivity contribution in [3.05, 3.63) is 65.6 Å². The summed E-state index contributed by atoms with van der Waals surface area (Å²) in [6, 6.07) is 13.7. The molecular weight excluding hydrogens is 296 g/mol. The molecule has 0 bridgehead atoms. The van der Waals surface area contributed by atoms with Crippen molar-refractivity contribution in [2.75, 3.05) is 18.4 Å². The molecule has 22 heavy (non-hydrogen) atoms. The van der Waals surface area contributed by atoms with Gasteiger partial charge in [0, 0.05) is 48.1 Å². The van der Waals surface area contributed by atoms with Crippen molar-refractivity contribution < 1.29 is 0 Å². The average molecular weight is 313 g/mol. The van der Waals surface area contributed by atoms with Crippen LogP contribution in [0, 0.1) is 0 Å². The summed E-state index contributed by atoms with van der Waals surface area (Å²) in [5.41, 5.74) is 3.02. The Balaban J connectivity index is 1.54. The van der Waals surface area contributed by atoms with Gasteiger partial charge in [-0.05, 0) is 36.4 Å². The van der Waals surface area contributed by atoms with Crippen molar-refractivity contribution in [2.24, 2.45) is 0 Å². The average Bonchev–Trinajstić information content (AvgIpc) is 2.55. The van der Waals surface area contributed by atoms with Crippen LogP contribution in [-0.4, -0.2) is 23.1 Å². The molecule has 112 valence electrons. The Kier molecular flexibility index (Phi) is 4.83. The van der Waals surface area contributed by atoms with Gasteiger partial charge in [-0.15, -0.1) is 0 Å².